The second-order valence-electron chi connectivity index (χ2n) is 7.61. The molecule has 0 unspecified atom stereocenters. The molecule has 0 atom stereocenters. The largest absolute Gasteiger partial charge is 0.354 e. The van der Waals surface area contributed by atoms with Crippen LogP contribution >= 0.6 is 0 Å². The van der Waals surface area contributed by atoms with Gasteiger partial charge >= 0.3 is 0 Å². The van der Waals surface area contributed by atoms with Crippen molar-refractivity contribution in [3.63, 3.8) is 0 Å². The first-order valence-electron chi connectivity index (χ1n) is 8.86. The van der Waals surface area contributed by atoms with E-state index < -0.39 is 5.41 Å². The number of nitriles is 1. The zero-order valence-corrected chi connectivity index (χ0v) is 15.3. The van der Waals surface area contributed by atoms with Crippen LogP contribution in [0.3, 0.4) is 0 Å². The summed E-state index contributed by atoms with van der Waals surface area (Å²) in [5.74, 6) is 0.324. The van der Waals surface area contributed by atoms with Crippen molar-refractivity contribution in [3.05, 3.63) is 35.4 Å². The highest BCUT2D eigenvalue weighted by atomic mass is 16.1. The fraction of sp³-hybridized carbons (Fsp3) is 0.600. The van der Waals surface area contributed by atoms with Crippen molar-refractivity contribution in [2.24, 2.45) is 5.92 Å². The monoisotopic (exact) mass is 327 g/mol. The number of rotatable bonds is 5. The second kappa shape index (κ2) is 7.81. The maximum Gasteiger partial charge on any atom is 0.223 e. The van der Waals surface area contributed by atoms with Crippen molar-refractivity contribution in [1.29, 1.82) is 5.26 Å². The van der Waals surface area contributed by atoms with Crippen LogP contribution in [0.25, 0.3) is 0 Å². The van der Waals surface area contributed by atoms with Crippen molar-refractivity contribution in [3.8, 4) is 6.07 Å². The summed E-state index contributed by atoms with van der Waals surface area (Å²) >= 11 is 0. The molecule has 4 nitrogen and oxygen atoms in total. The molecule has 24 heavy (non-hydrogen) atoms. The molecule has 1 saturated heterocycles. The minimum Gasteiger partial charge on any atom is -0.354 e. The number of piperidine rings is 1. The number of nitrogens with one attached hydrogen (secondary N) is 1. The van der Waals surface area contributed by atoms with E-state index in [0.717, 1.165) is 38.0 Å². The van der Waals surface area contributed by atoms with Gasteiger partial charge in [-0.25, -0.2) is 0 Å². The van der Waals surface area contributed by atoms with Crippen LogP contribution in [0.15, 0.2) is 24.3 Å². The fourth-order valence-electron chi connectivity index (χ4n) is 3.32. The Hall–Kier alpha value is -1.86. The molecule has 1 N–H and O–H groups in total. The molecule has 1 heterocycles. The summed E-state index contributed by atoms with van der Waals surface area (Å²) in [5.41, 5.74) is 1.84. The number of hydrogen-bond acceptors (Lipinski definition) is 3. The lowest BCUT2D eigenvalue weighted by Crippen LogP contribution is -2.42. The zero-order valence-electron chi connectivity index (χ0n) is 15.3. The molecule has 1 aliphatic heterocycles. The fourth-order valence-corrected chi connectivity index (χ4v) is 3.32. The summed E-state index contributed by atoms with van der Waals surface area (Å²) in [6.45, 7) is 10.6. The quantitative estimate of drug-likeness (QED) is 0.903. The van der Waals surface area contributed by atoms with Crippen molar-refractivity contribution in [1.82, 2.24) is 10.2 Å². The Morgan fingerprint density at radius 1 is 1.33 bits per heavy atom. The smallest absolute Gasteiger partial charge is 0.223 e. The van der Waals surface area contributed by atoms with Crippen LogP contribution < -0.4 is 5.32 Å². The molecule has 0 bridgehead atoms. The van der Waals surface area contributed by atoms with Gasteiger partial charge in [-0.3, -0.25) is 9.69 Å². The Morgan fingerprint density at radius 2 is 1.96 bits per heavy atom. The molecule has 0 spiro atoms. The Kier molecular flexibility index (Phi) is 6.01. The molecule has 130 valence electrons. The lowest BCUT2D eigenvalue weighted by atomic mass is 9.83. The molecule has 1 fully saturated rings. The van der Waals surface area contributed by atoms with Gasteiger partial charge < -0.3 is 5.32 Å². The summed E-state index contributed by atoms with van der Waals surface area (Å²) in [5, 5.41) is 12.5. The van der Waals surface area contributed by atoms with Crippen LogP contribution in [-0.2, 0) is 16.8 Å². The summed E-state index contributed by atoms with van der Waals surface area (Å²) < 4.78 is 0. The molecule has 0 radical (unpaired) electrons. The van der Waals surface area contributed by atoms with Crippen LogP contribution in [0.5, 0.6) is 0 Å². The number of likely N-dealkylation sites (tertiary alicyclic amines) is 1. The van der Waals surface area contributed by atoms with Crippen molar-refractivity contribution < 1.29 is 4.79 Å². The van der Waals surface area contributed by atoms with Crippen LogP contribution in [0.1, 0.15) is 51.7 Å². The van der Waals surface area contributed by atoms with E-state index in [-0.39, 0.29) is 17.9 Å². The molecular weight excluding hydrogens is 298 g/mol. The van der Waals surface area contributed by atoms with Gasteiger partial charge in [-0.2, -0.15) is 5.26 Å². The highest BCUT2D eigenvalue weighted by Gasteiger charge is 2.27. The normalized spacial score (nSPS) is 16.8. The third-order valence-corrected chi connectivity index (χ3v) is 4.75. The second-order valence-corrected chi connectivity index (χ2v) is 7.61. The highest BCUT2D eigenvalue weighted by Crippen LogP contribution is 2.28. The minimum absolute atomic E-state index is 0.134. The molecule has 0 aromatic heterocycles. The van der Waals surface area contributed by atoms with E-state index in [2.05, 4.69) is 28.4 Å². The maximum absolute atomic E-state index is 12.1. The number of nitrogens with zero attached hydrogens (tertiary/aromatic N) is 2. The predicted octanol–water partition coefficient (Wildman–Crippen LogP) is 3.22. The highest BCUT2D eigenvalue weighted by molar-refractivity contribution is 5.78. The van der Waals surface area contributed by atoms with Gasteiger partial charge in [0.25, 0.3) is 0 Å². The van der Waals surface area contributed by atoms with E-state index >= 15 is 0 Å². The first-order valence-corrected chi connectivity index (χ1v) is 8.86. The van der Waals surface area contributed by atoms with Crippen molar-refractivity contribution in [2.45, 2.75) is 58.5 Å². The van der Waals surface area contributed by atoms with Crippen LogP contribution in [0.4, 0.5) is 0 Å². The Labute approximate surface area is 145 Å². The Balaban J connectivity index is 1.98. The van der Waals surface area contributed by atoms with E-state index in [1.165, 1.54) is 5.56 Å². The SMILES string of the molecule is CC(C)NC(=O)C1CCN(Cc2ccccc2C(C)(C)C#N)CC1. The van der Waals surface area contributed by atoms with Gasteiger partial charge in [-0.05, 0) is 64.8 Å². The summed E-state index contributed by atoms with van der Waals surface area (Å²) in [6.07, 6.45) is 1.81. The van der Waals surface area contributed by atoms with E-state index in [4.69, 9.17) is 0 Å². The van der Waals surface area contributed by atoms with Crippen molar-refractivity contribution in [2.75, 3.05) is 13.1 Å². The topological polar surface area (TPSA) is 56.1 Å². The number of benzene rings is 1. The van der Waals surface area contributed by atoms with Gasteiger partial charge in [0.05, 0.1) is 11.5 Å². The van der Waals surface area contributed by atoms with Gasteiger partial charge in [-0.15, -0.1) is 0 Å². The molecule has 1 amide bonds. The zero-order chi connectivity index (χ0) is 17.7. The van der Waals surface area contributed by atoms with E-state index in [1.807, 2.05) is 39.8 Å². The minimum atomic E-state index is -0.480. The lowest BCUT2D eigenvalue weighted by Gasteiger charge is -2.33. The number of amides is 1. The maximum atomic E-state index is 12.1. The van der Waals surface area contributed by atoms with Gasteiger partial charge in [0, 0.05) is 18.5 Å². The number of carbonyl (C=O) groups is 1. The molecule has 0 aliphatic carbocycles. The Morgan fingerprint density at radius 3 is 2.54 bits per heavy atom. The average molecular weight is 327 g/mol. The molecule has 4 heteroatoms. The lowest BCUT2D eigenvalue weighted by molar-refractivity contribution is -0.127. The first kappa shape index (κ1) is 18.5. The standard InChI is InChI=1S/C20H29N3O/c1-15(2)22-19(24)16-9-11-23(12-10-16)13-17-7-5-6-8-18(17)20(3,4)14-21/h5-8,15-16H,9-13H2,1-4H3,(H,22,24). The van der Waals surface area contributed by atoms with Gasteiger partial charge in [-0.1, -0.05) is 24.3 Å². The third kappa shape index (κ3) is 4.58. The van der Waals surface area contributed by atoms with Crippen LogP contribution in [0.2, 0.25) is 0 Å². The molecule has 1 aliphatic rings. The predicted molar refractivity (Wildman–Crippen MR) is 96.4 cm³/mol. The van der Waals surface area contributed by atoms with Crippen molar-refractivity contribution >= 4 is 5.91 Å². The third-order valence-electron chi connectivity index (χ3n) is 4.75. The van der Waals surface area contributed by atoms with E-state index in [1.54, 1.807) is 0 Å². The molecular formula is C20H29N3O. The molecule has 1 aromatic carbocycles. The molecule has 2 rings (SSSR count). The van der Waals surface area contributed by atoms with Gasteiger partial charge in [0.1, 0.15) is 0 Å². The summed E-state index contributed by atoms with van der Waals surface area (Å²) in [4.78, 5) is 14.5. The van der Waals surface area contributed by atoms with E-state index in [0.29, 0.717) is 0 Å². The van der Waals surface area contributed by atoms with E-state index in [9.17, 15) is 10.1 Å². The number of hydrogen-bond donors (Lipinski definition) is 1. The Bertz CT molecular complexity index is 608. The number of carbonyl (C=O) groups excluding carboxylic acids is 1. The molecule has 1 aromatic rings. The van der Waals surface area contributed by atoms with Gasteiger partial charge in [0.15, 0.2) is 0 Å². The first-order chi connectivity index (χ1) is 11.3. The molecule has 0 saturated carbocycles. The summed E-state index contributed by atoms with van der Waals surface area (Å²) in [6, 6.07) is 10.8. The summed E-state index contributed by atoms with van der Waals surface area (Å²) in [7, 11) is 0. The van der Waals surface area contributed by atoms with Gasteiger partial charge in [0.2, 0.25) is 5.91 Å². The van der Waals surface area contributed by atoms with Crippen LogP contribution in [0, 0.1) is 17.2 Å². The average Bonchev–Trinajstić information content (AvgIpc) is 2.55. The van der Waals surface area contributed by atoms with Crippen LogP contribution in [-0.4, -0.2) is 29.9 Å².